The van der Waals surface area contributed by atoms with E-state index < -0.39 is 0 Å². The Bertz CT molecular complexity index is 859. The molecule has 1 heterocycles. The van der Waals surface area contributed by atoms with Crippen molar-refractivity contribution in [2.45, 2.75) is 32.6 Å². The lowest BCUT2D eigenvalue weighted by Gasteiger charge is -2.31. The van der Waals surface area contributed by atoms with Crippen LogP contribution in [0, 0.1) is 5.92 Å². The number of nitrogens with one attached hydrogen (secondary N) is 2. The van der Waals surface area contributed by atoms with Crippen molar-refractivity contribution in [2.24, 2.45) is 5.92 Å². The Hall–Kier alpha value is -3.15. The van der Waals surface area contributed by atoms with Gasteiger partial charge in [0.15, 0.2) is 0 Å². The molecule has 0 spiro atoms. The summed E-state index contributed by atoms with van der Waals surface area (Å²) < 4.78 is 0. The molecule has 2 aromatic rings. The number of carbonyl (C=O) groups excluding carboxylic acids is 3. The van der Waals surface area contributed by atoms with Gasteiger partial charge in [-0.05, 0) is 43.0 Å². The van der Waals surface area contributed by atoms with Crippen LogP contribution in [-0.2, 0) is 20.8 Å². The van der Waals surface area contributed by atoms with Gasteiger partial charge in [-0.2, -0.15) is 0 Å². The van der Waals surface area contributed by atoms with Crippen LogP contribution in [0.1, 0.15) is 31.7 Å². The first-order valence-corrected chi connectivity index (χ1v) is 10.0. The van der Waals surface area contributed by atoms with E-state index in [9.17, 15) is 14.4 Å². The molecular weight excluding hydrogens is 366 g/mol. The van der Waals surface area contributed by atoms with Gasteiger partial charge in [0.25, 0.3) is 0 Å². The normalized spacial score (nSPS) is 14.3. The molecule has 0 bridgehead atoms. The zero-order valence-corrected chi connectivity index (χ0v) is 16.7. The highest BCUT2D eigenvalue weighted by atomic mass is 16.2. The molecular formula is C23H27N3O3. The third kappa shape index (κ3) is 6.17. The van der Waals surface area contributed by atoms with Crippen molar-refractivity contribution in [2.75, 3.05) is 23.7 Å². The maximum absolute atomic E-state index is 12.6. The van der Waals surface area contributed by atoms with E-state index in [4.69, 9.17) is 0 Å². The van der Waals surface area contributed by atoms with E-state index in [1.54, 1.807) is 24.3 Å². The molecule has 6 nitrogen and oxygen atoms in total. The molecule has 6 heteroatoms. The van der Waals surface area contributed by atoms with Gasteiger partial charge in [-0.1, -0.05) is 36.4 Å². The molecule has 152 valence electrons. The molecule has 0 saturated carbocycles. The SMILES string of the molecule is CC(=O)Nc1cccc(NC(=O)C2CCN(C(=O)CCc3ccccc3)CC2)c1. The average Bonchev–Trinajstić information content (AvgIpc) is 2.72. The number of piperidine rings is 1. The maximum atomic E-state index is 12.6. The molecule has 0 unspecified atom stereocenters. The summed E-state index contributed by atoms with van der Waals surface area (Å²) in [5.41, 5.74) is 2.47. The van der Waals surface area contributed by atoms with Crippen LogP contribution in [0.5, 0.6) is 0 Å². The Kier molecular flexibility index (Phi) is 7.00. The van der Waals surface area contributed by atoms with E-state index in [2.05, 4.69) is 10.6 Å². The Morgan fingerprint density at radius 3 is 2.24 bits per heavy atom. The molecule has 1 aliphatic rings. The van der Waals surface area contributed by atoms with Gasteiger partial charge in [-0.25, -0.2) is 0 Å². The van der Waals surface area contributed by atoms with Crippen molar-refractivity contribution in [1.29, 1.82) is 0 Å². The number of benzene rings is 2. The first-order valence-electron chi connectivity index (χ1n) is 10.0. The van der Waals surface area contributed by atoms with Crippen molar-refractivity contribution in [3.05, 3.63) is 60.2 Å². The predicted molar refractivity (Wildman–Crippen MR) is 113 cm³/mol. The van der Waals surface area contributed by atoms with E-state index in [1.807, 2.05) is 35.2 Å². The number of likely N-dealkylation sites (tertiary alicyclic amines) is 1. The Labute approximate surface area is 171 Å². The van der Waals surface area contributed by atoms with E-state index in [0.717, 1.165) is 12.0 Å². The third-order valence-electron chi connectivity index (χ3n) is 5.14. The standard InChI is InChI=1S/C23H27N3O3/c1-17(27)24-20-8-5-9-21(16-20)25-23(29)19-12-14-26(15-13-19)22(28)11-10-18-6-3-2-4-7-18/h2-9,16,19H,10-15H2,1H3,(H,24,27)(H,25,29). The first-order chi connectivity index (χ1) is 14.0. The summed E-state index contributed by atoms with van der Waals surface area (Å²) in [5, 5.41) is 5.63. The number of aryl methyl sites for hydroxylation is 1. The molecule has 29 heavy (non-hydrogen) atoms. The highest BCUT2D eigenvalue weighted by Gasteiger charge is 2.27. The largest absolute Gasteiger partial charge is 0.343 e. The smallest absolute Gasteiger partial charge is 0.227 e. The van der Waals surface area contributed by atoms with Crippen molar-refractivity contribution in [1.82, 2.24) is 4.90 Å². The lowest BCUT2D eigenvalue weighted by atomic mass is 9.95. The molecule has 1 aliphatic heterocycles. The number of anilines is 2. The fourth-order valence-corrected chi connectivity index (χ4v) is 3.57. The van der Waals surface area contributed by atoms with E-state index in [-0.39, 0.29) is 23.6 Å². The number of amides is 3. The molecule has 2 aromatic carbocycles. The second-order valence-corrected chi connectivity index (χ2v) is 7.39. The van der Waals surface area contributed by atoms with Crippen molar-refractivity contribution < 1.29 is 14.4 Å². The van der Waals surface area contributed by atoms with E-state index >= 15 is 0 Å². The first kappa shape index (κ1) is 20.6. The number of hydrogen-bond donors (Lipinski definition) is 2. The highest BCUT2D eigenvalue weighted by molar-refractivity contribution is 5.94. The molecule has 0 atom stereocenters. The van der Waals surface area contributed by atoms with Crippen molar-refractivity contribution in [3.63, 3.8) is 0 Å². The van der Waals surface area contributed by atoms with Crippen LogP contribution in [0.2, 0.25) is 0 Å². The zero-order chi connectivity index (χ0) is 20.6. The number of nitrogens with zero attached hydrogens (tertiary/aromatic N) is 1. The maximum Gasteiger partial charge on any atom is 0.227 e. The van der Waals surface area contributed by atoms with Crippen LogP contribution in [0.15, 0.2) is 54.6 Å². The molecule has 0 radical (unpaired) electrons. The van der Waals surface area contributed by atoms with Crippen LogP contribution in [0.3, 0.4) is 0 Å². The topological polar surface area (TPSA) is 78.5 Å². The van der Waals surface area contributed by atoms with Gasteiger partial charge >= 0.3 is 0 Å². The minimum atomic E-state index is -0.155. The van der Waals surface area contributed by atoms with Gasteiger partial charge < -0.3 is 15.5 Å². The Morgan fingerprint density at radius 2 is 1.59 bits per heavy atom. The molecule has 3 rings (SSSR count). The summed E-state index contributed by atoms with van der Waals surface area (Å²) in [7, 11) is 0. The van der Waals surface area contributed by atoms with Gasteiger partial charge in [0.05, 0.1) is 0 Å². The molecule has 1 fully saturated rings. The highest BCUT2D eigenvalue weighted by Crippen LogP contribution is 2.22. The van der Waals surface area contributed by atoms with Gasteiger partial charge in [-0.15, -0.1) is 0 Å². The number of rotatable bonds is 6. The van der Waals surface area contributed by atoms with Gasteiger partial charge in [0, 0.05) is 43.7 Å². The molecule has 0 aromatic heterocycles. The molecule has 1 saturated heterocycles. The zero-order valence-electron chi connectivity index (χ0n) is 16.7. The van der Waals surface area contributed by atoms with E-state index in [1.165, 1.54) is 6.92 Å². The van der Waals surface area contributed by atoms with Crippen LogP contribution >= 0.6 is 0 Å². The Morgan fingerprint density at radius 1 is 0.931 bits per heavy atom. The number of hydrogen-bond acceptors (Lipinski definition) is 3. The summed E-state index contributed by atoms with van der Waals surface area (Å²) in [5.74, 6) is -0.160. The second kappa shape index (κ2) is 9.87. The summed E-state index contributed by atoms with van der Waals surface area (Å²) in [6.45, 7) is 2.66. The average molecular weight is 393 g/mol. The lowest BCUT2D eigenvalue weighted by Crippen LogP contribution is -2.41. The summed E-state index contributed by atoms with van der Waals surface area (Å²) >= 11 is 0. The third-order valence-corrected chi connectivity index (χ3v) is 5.14. The van der Waals surface area contributed by atoms with Crippen molar-refractivity contribution >= 4 is 29.1 Å². The predicted octanol–water partition coefficient (Wildman–Crippen LogP) is 3.45. The fourth-order valence-electron chi connectivity index (χ4n) is 3.57. The minimum absolute atomic E-state index is 0.0404. The van der Waals surface area contributed by atoms with E-state index in [0.29, 0.717) is 43.7 Å². The van der Waals surface area contributed by atoms with Crippen LogP contribution in [0.25, 0.3) is 0 Å². The second-order valence-electron chi connectivity index (χ2n) is 7.39. The van der Waals surface area contributed by atoms with Gasteiger partial charge in [0.1, 0.15) is 0 Å². The number of carbonyl (C=O) groups is 3. The summed E-state index contributed by atoms with van der Waals surface area (Å²) in [6, 6.07) is 17.1. The summed E-state index contributed by atoms with van der Waals surface area (Å²) in [6.07, 6.45) is 2.56. The van der Waals surface area contributed by atoms with Crippen LogP contribution in [-0.4, -0.2) is 35.7 Å². The van der Waals surface area contributed by atoms with Gasteiger partial charge in [0.2, 0.25) is 17.7 Å². The molecule has 2 N–H and O–H groups in total. The molecule has 0 aliphatic carbocycles. The van der Waals surface area contributed by atoms with Crippen LogP contribution in [0.4, 0.5) is 11.4 Å². The molecule has 3 amide bonds. The quantitative estimate of drug-likeness (QED) is 0.789. The van der Waals surface area contributed by atoms with Crippen LogP contribution < -0.4 is 10.6 Å². The fraction of sp³-hybridized carbons (Fsp3) is 0.348. The lowest BCUT2D eigenvalue weighted by molar-refractivity contribution is -0.134. The summed E-state index contributed by atoms with van der Waals surface area (Å²) in [4.78, 5) is 38.1. The van der Waals surface area contributed by atoms with Crippen molar-refractivity contribution in [3.8, 4) is 0 Å². The monoisotopic (exact) mass is 393 g/mol. The van der Waals surface area contributed by atoms with Gasteiger partial charge in [-0.3, -0.25) is 14.4 Å². The Balaban J connectivity index is 1.45. The minimum Gasteiger partial charge on any atom is -0.343 e.